The molecule has 2 aliphatic rings. The van der Waals surface area contributed by atoms with E-state index in [1.165, 1.54) is 0 Å². The molecule has 6 rings (SSSR count). The molecule has 3 aromatic heterocycles. The second-order valence-electron chi connectivity index (χ2n) is 7.56. The maximum atomic E-state index is 12.9. The highest BCUT2D eigenvalue weighted by molar-refractivity contribution is 5.99. The summed E-state index contributed by atoms with van der Waals surface area (Å²) < 4.78 is 18.7. The van der Waals surface area contributed by atoms with Gasteiger partial charge in [0.15, 0.2) is 17.3 Å². The fourth-order valence-electron chi connectivity index (χ4n) is 4.32. The summed E-state index contributed by atoms with van der Waals surface area (Å²) in [6.45, 7) is 0. The number of hydrogen-bond acceptors (Lipinski definition) is 7. The predicted octanol–water partition coefficient (Wildman–Crippen LogP) is 3.92. The van der Waals surface area contributed by atoms with Crippen LogP contribution in [0.5, 0.6) is 11.6 Å². The second kappa shape index (κ2) is 6.80. The largest absolute Gasteiger partial charge is 0.497 e. The molecule has 1 aliphatic heterocycles. The van der Waals surface area contributed by atoms with Crippen LogP contribution in [0.25, 0.3) is 17.0 Å². The minimum atomic E-state index is -0.425. The summed E-state index contributed by atoms with van der Waals surface area (Å²) in [5, 5.41) is 4.60. The van der Waals surface area contributed by atoms with Crippen molar-refractivity contribution in [2.45, 2.75) is 25.2 Å². The van der Waals surface area contributed by atoms with E-state index < -0.39 is 5.92 Å². The topological polar surface area (TPSA) is 91.8 Å². The number of allylic oxidation sites excluding steroid dienone is 2. The van der Waals surface area contributed by atoms with Crippen molar-refractivity contribution in [1.29, 1.82) is 0 Å². The molecule has 0 N–H and O–H groups in total. The molecule has 1 aromatic carbocycles. The number of Topliss-reactive ketones (excluding diaryl/α,β-unsaturated/α-hetero) is 1. The lowest BCUT2D eigenvalue weighted by Crippen LogP contribution is -2.26. The third-order valence-electron chi connectivity index (χ3n) is 5.77. The number of fused-ring (bicyclic) bond motifs is 3. The average molecular weight is 414 g/mol. The van der Waals surface area contributed by atoms with Crippen LogP contribution in [-0.4, -0.2) is 32.5 Å². The standard InChI is InChI=1S/C23H18N4O4/c1-29-14-9-7-13(8-10-14)21-25-22-20-19(16-6-3-11-30-16)18-15(28)4-2-5-17(18)31-23(20)24-12-27(22)26-21/h3,6-12,19H,2,4-5H2,1H3/t19-/m0/s1. The first-order valence-electron chi connectivity index (χ1n) is 10.1. The van der Waals surface area contributed by atoms with Crippen LogP contribution in [-0.2, 0) is 4.79 Å². The lowest BCUT2D eigenvalue weighted by atomic mass is 9.80. The van der Waals surface area contributed by atoms with Gasteiger partial charge in [0.05, 0.1) is 24.9 Å². The van der Waals surface area contributed by atoms with E-state index in [4.69, 9.17) is 18.9 Å². The molecule has 0 saturated carbocycles. The van der Waals surface area contributed by atoms with E-state index in [1.54, 1.807) is 24.2 Å². The molecule has 1 atom stereocenters. The van der Waals surface area contributed by atoms with Crippen molar-refractivity contribution in [2.24, 2.45) is 0 Å². The number of hydrogen-bond donors (Lipinski definition) is 0. The summed E-state index contributed by atoms with van der Waals surface area (Å²) in [5.41, 5.74) is 2.76. The Bertz CT molecular complexity index is 1340. The number of methoxy groups -OCH3 is 1. The Balaban J connectivity index is 1.56. The van der Waals surface area contributed by atoms with E-state index in [2.05, 4.69) is 10.1 Å². The maximum Gasteiger partial charge on any atom is 0.228 e. The minimum Gasteiger partial charge on any atom is -0.497 e. The van der Waals surface area contributed by atoms with Crippen LogP contribution in [0, 0.1) is 0 Å². The minimum absolute atomic E-state index is 0.0743. The molecule has 154 valence electrons. The Morgan fingerprint density at radius 3 is 2.81 bits per heavy atom. The third-order valence-corrected chi connectivity index (χ3v) is 5.77. The molecule has 4 heterocycles. The molecule has 0 radical (unpaired) electrons. The SMILES string of the molecule is COc1ccc(-c2nc3c4c(ncn3n2)OC2=C(C(=O)CCC2)[C@@H]4c2ccco2)cc1. The number of aromatic nitrogens is 4. The summed E-state index contributed by atoms with van der Waals surface area (Å²) in [5.74, 6) is 2.74. The van der Waals surface area contributed by atoms with Crippen molar-refractivity contribution < 1.29 is 18.7 Å². The van der Waals surface area contributed by atoms with E-state index in [0.717, 1.165) is 17.7 Å². The zero-order valence-electron chi connectivity index (χ0n) is 16.7. The molecule has 0 unspecified atom stereocenters. The van der Waals surface area contributed by atoms with Crippen LogP contribution < -0.4 is 9.47 Å². The summed E-state index contributed by atoms with van der Waals surface area (Å²) in [6.07, 6.45) is 5.16. The smallest absolute Gasteiger partial charge is 0.228 e. The van der Waals surface area contributed by atoms with Gasteiger partial charge in [-0.1, -0.05) is 0 Å². The number of nitrogens with zero attached hydrogens (tertiary/aromatic N) is 4. The third kappa shape index (κ3) is 2.75. The first-order chi connectivity index (χ1) is 15.2. The van der Waals surface area contributed by atoms with Crippen LogP contribution in [0.1, 0.15) is 36.5 Å². The normalized spacial score (nSPS) is 18.0. The zero-order chi connectivity index (χ0) is 20.9. The van der Waals surface area contributed by atoms with Gasteiger partial charge in [-0.15, -0.1) is 5.10 Å². The summed E-state index contributed by atoms with van der Waals surface area (Å²) in [6, 6.07) is 11.2. The van der Waals surface area contributed by atoms with Crippen LogP contribution >= 0.6 is 0 Å². The van der Waals surface area contributed by atoms with Gasteiger partial charge < -0.3 is 13.9 Å². The molecule has 8 nitrogen and oxygen atoms in total. The zero-order valence-corrected chi connectivity index (χ0v) is 16.7. The van der Waals surface area contributed by atoms with Crippen molar-refractivity contribution >= 4 is 11.4 Å². The highest BCUT2D eigenvalue weighted by atomic mass is 16.5. The molecule has 0 spiro atoms. The number of ketones is 1. The van der Waals surface area contributed by atoms with Crippen molar-refractivity contribution in [3.63, 3.8) is 0 Å². The number of carbonyl (C=O) groups excluding carboxylic acids is 1. The van der Waals surface area contributed by atoms with Gasteiger partial charge in [0.2, 0.25) is 5.88 Å². The van der Waals surface area contributed by atoms with Crippen LogP contribution in [0.4, 0.5) is 0 Å². The van der Waals surface area contributed by atoms with Gasteiger partial charge in [-0.25, -0.2) is 14.5 Å². The quantitative estimate of drug-likeness (QED) is 0.502. The number of carbonyl (C=O) groups is 1. The molecule has 0 bridgehead atoms. The van der Waals surface area contributed by atoms with E-state index in [1.807, 2.05) is 36.4 Å². The second-order valence-corrected chi connectivity index (χ2v) is 7.56. The highest BCUT2D eigenvalue weighted by Gasteiger charge is 2.40. The Labute approximate surface area is 177 Å². The molecule has 4 aromatic rings. The number of furan rings is 1. The average Bonchev–Trinajstić information content (AvgIpc) is 3.48. The first kappa shape index (κ1) is 17.9. The Kier molecular flexibility index (Phi) is 3.92. The van der Waals surface area contributed by atoms with Crippen LogP contribution in [0.3, 0.4) is 0 Å². The van der Waals surface area contributed by atoms with Crippen LogP contribution in [0.2, 0.25) is 0 Å². The maximum absolute atomic E-state index is 12.9. The molecular formula is C23H18N4O4. The Morgan fingerprint density at radius 2 is 2.03 bits per heavy atom. The summed E-state index contributed by atoms with van der Waals surface area (Å²) >= 11 is 0. The lowest BCUT2D eigenvalue weighted by molar-refractivity contribution is -0.116. The van der Waals surface area contributed by atoms with Crippen molar-refractivity contribution in [3.05, 3.63) is 71.6 Å². The van der Waals surface area contributed by atoms with Gasteiger partial charge in [0, 0.05) is 24.0 Å². The molecule has 8 heteroatoms. The van der Waals surface area contributed by atoms with E-state index in [9.17, 15) is 4.79 Å². The van der Waals surface area contributed by atoms with Crippen LogP contribution in [0.15, 0.2) is 64.7 Å². The molecule has 0 amide bonds. The lowest BCUT2D eigenvalue weighted by Gasteiger charge is -2.30. The molecule has 0 saturated heterocycles. The first-order valence-corrected chi connectivity index (χ1v) is 10.1. The van der Waals surface area contributed by atoms with Crippen molar-refractivity contribution in [3.8, 4) is 23.0 Å². The van der Waals surface area contributed by atoms with Gasteiger partial charge >= 0.3 is 0 Å². The molecule has 31 heavy (non-hydrogen) atoms. The van der Waals surface area contributed by atoms with Gasteiger partial charge in [0.25, 0.3) is 0 Å². The Hall–Kier alpha value is -3.94. The van der Waals surface area contributed by atoms with Gasteiger partial charge in [0.1, 0.15) is 23.6 Å². The van der Waals surface area contributed by atoms with Gasteiger partial charge in [-0.2, -0.15) is 0 Å². The van der Waals surface area contributed by atoms with Gasteiger partial charge in [-0.05, 0) is 42.8 Å². The monoisotopic (exact) mass is 414 g/mol. The number of rotatable bonds is 3. The van der Waals surface area contributed by atoms with Gasteiger partial charge in [-0.3, -0.25) is 4.79 Å². The fourth-order valence-corrected chi connectivity index (χ4v) is 4.32. The highest BCUT2D eigenvalue weighted by Crippen LogP contribution is 2.47. The van der Waals surface area contributed by atoms with Crippen molar-refractivity contribution in [1.82, 2.24) is 19.6 Å². The predicted molar refractivity (Wildman–Crippen MR) is 110 cm³/mol. The molecule has 1 aliphatic carbocycles. The summed E-state index contributed by atoms with van der Waals surface area (Å²) in [4.78, 5) is 22.2. The molecule has 0 fully saturated rings. The molecular weight excluding hydrogens is 396 g/mol. The number of ether oxygens (including phenoxy) is 2. The Morgan fingerprint density at radius 1 is 1.16 bits per heavy atom. The summed E-state index contributed by atoms with van der Waals surface area (Å²) in [7, 11) is 1.63. The van der Waals surface area contributed by atoms with Crippen molar-refractivity contribution in [2.75, 3.05) is 7.11 Å². The fraction of sp³-hybridized carbons (Fsp3) is 0.217. The van der Waals surface area contributed by atoms with E-state index in [-0.39, 0.29) is 5.78 Å². The van der Waals surface area contributed by atoms with E-state index in [0.29, 0.717) is 52.8 Å². The van der Waals surface area contributed by atoms with E-state index >= 15 is 0 Å². The number of benzene rings is 1.